The lowest BCUT2D eigenvalue weighted by atomic mass is 10.2. The highest BCUT2D eigenvalue weighted by molar-refractivity contribution is 7.84. The Hall–Kier alpha value is -1.15. The van der Waals surface area contributed by atoms with Crippen LogP contribution in [0.4, 0.5) is 4.79 Å². The van der Waals surface area contributed by atoms with Crippen LogP contribution in [-0.2, 0) is 15.6 Å². The molecule has 0 aromatic heterocycles. The van der Waals surface area contributed by atoms with Gasteiger partial charge in [-0.3, -0.25) is 4.21 Å². The number of carboxylic acid groups (broad SMARTS) is 1. The Bertz CT molecular complexity index is 297. The summed E-state index contributed by atoms with van der Waals surface area (Å²) in [7, 11) is -0.992. The monoisotopic (exact) mass is 266 g/mol. The minimum atomic E-state index is -1.48. The fourth-order valence-electron chi connectivity index (χ4n) is 1.11. The lowest BCUT2D eigenvalue weighted by Gasteiger charge is -2.13. The maximum Gasteiger partial charge on any atom is 0.332 e. The summed E-state index contributed by atoms with van der Waals surface area (Å²) in [6.07, 6.45) is 0.00624. The fourth-order valence-corrected chi connectivity index (χ4v) is 1.90. The third-order valence-electron chi connectivity index (χ3n) is 1.85. The van der Waals surface area contributed by atoms with Crippen LogP contribution in [0.1, 0.15) is 13.3 Å². The number of aliphatic carboxylic acids is 1. The second kappa shape index (κ2) is 8.02. The first-order valence-corrected chi connectivity index (χ1v) is 6.81. The Labute approximate surface area is 102 Å². The topological polar surface area (TPSA) is 116 Å². The first-order valence-electron chi connectivity index (χ1n) is 5.08. The number of nitrogens with one attached hydrogen (secondary N) is 2. The molecule has 0 heterocycles. The largest absolute Gasteiger partial charge is 0.479 e. The standard InChI is InChI=1S/C9H18N2O5S/c1-6(5-17(2)16)11-9(15)10-4-3-7(12)8(13)14/h6-7,12H,3-5H2,1-2H3,(H,13,14)(H2,10,11,15)/t6?,7-,17?/m0/s1. The third kappa shape index (κ3) is 8.64. The highest BCUT2D eigenvalue weighted by Gasteiger charge is 2.13. The molecule has 0 aromatic rings. The molecule has 0 rings (SSSR count). The van der Waals surface area contributed by atoms with Gasteiger partial charge >= 0.3 is 12.0 Å². The predicted octanol–water partition coefficient (Wildman–Crippen LogP) is -1.11. The molecule has 0 aromatic carbocycles. The molecule has 100 valence electrons. The summed E-state index contributed by atoms with van der Waals surface area (Å²) >= 11 is 0. The molecule has 7 nitrogen and oxygen atoms in total. The van der Waals surface area contributed by atoms with Gasteiger partial charge in [0.05, 0.1) is 0 Å². The highest BCUT2D eigenvalue weighted by Crippen LogP contribution is 1.90. The molecule has 0 radical (unpaired) electrons. The average Bonchev–Trinajstić information content (AvgIpc) is 2.15. The summed E-state index contributed by atoms with van der Waals surface area (Å²) in [5.41, 5.74) is 0. The first kappa shape index (κ1) is 15.9. The smallest absolute Gasteiger partial charge is 0.332 e. The van der Waals surface area contributed by atoms with E-state index in [2.05, 4.69) is 10.6 Å². The Balaban J connectivity index is 3.73. The van der Waals surface area contributed by atoms with Crippen molar-refractivity contribution in [3.8, 4) is 0 Å². The minimum absolute atomic E-state index is 0.0568. The number of carbonyl (C=O) groups excluding carboxylic acids is 1. The summed E-state index contributed by atoms with van der Waals surface area (Å²) < 4.78 is 10.9. The van der Waals surface area contributed by atoms with Gasteiger partial charge in [-0.15, -0.1) is 0 Å². The van der Waals surface area contributed by atoms with Crippen LogP contribution >= 0.6 is 0 Å². The van der Waals surface area contributed by atoms with Crippen molar-refractivity contribution >= 4 is 22.8 Å². The number of aliphatic hydroxyl groups is 1. The van der Waals surface area contributed by atoms with E-state index in [1.54, 1.807) is 13.2 Å². The van der Waals surface area contributed by atoms with Crippen LogP contribution in [0.2, 0.25) is 0 Å². The van der Waals surface area contributed by atoms with Gasteiger partial charge in [0.15, 0.2) is 6.10 Å². The second-order valence-corrected chi connectivity index (χ2v) is 5.16. The highest BCUT2D eigenvalue weighted by atomic mass is 32.2. The van der Waals surface area contributed by atoms with E-state index in [1.165, 1.54) is 0 Å². The second-order valence-electron chi connectivity index (χ2n) is 3.68. The number of aliphatic hydroxyl groups excluding tert-OH is 1. The number of carboxylic acids is 1. The molecule has 8 heteroatoms. The SMILES string of the molecule is CC(CS(C)=O)NC(=O)NCC[C@H](O)C(=O)O. The quantitative estimate of drug-likeness (QED) is 0.466. The zero-order valence-electron chi connectivity index (χ0n) is 9.80. The molecule has 17 heavy (non-hydrogen) atoms. The third-order valence-corrected chi connectivity index (χ3v) is 2.82. The lowest BCUT2D eigenvalue weighted by molar-refractivity contribution is -0.146. The van der Waals surface area contributed by atoms with Gasteiger partial charge in [0.25, 0.3) is 0 Å². The van der Waals surface area contributed by atoms with Crippen molar-refractivity contribution in [3.05, 3.63) is 0 Å². The van der Waals surface area contributed by atoms with Crippen LogP contribution in [0.5, 0.6) is 0 Å². The molecule has 4 N–H and O–H groups in total. The van der Waals surface area contributed by atoms with Crippen LogP contribution in [0.15, 0.2) is 0 Å². The summed E-state index contributed by atoms with van der Waals surface area (Å²) in [6.45, 7) is 1.77. The molecule has 0 aliphatic rings. The summed E-state index contributed by atoms with van der Waals surface area (Å²) in [5, 5.41) is 22.3. The molecular formula is C9H18N2O5S. The van der Waals surface area contributed by atoms with E-state index in [9.17, 15) is 13.8 Å². The zero-order valence-corrected chi connectivity index (χ0v) is 10.6. The van der Waals surface area contributed by atoms with Crippen LogP contribution < -0.4 is 10.6 Å². The van der Waals surface area contributed by atoms with E-state index >= 15 is 0 Å². The van der Waals surface area contributed by atoms with Crippen molar-refractivity contribution in [1.82, 2.24) is 10.6 Å². The van der Waals surface area contributed by atoms with E-state index in [0.29, 0.717) is 5.75 Å². The van der Waals surface area contributed by atoms with Gasteiger partial charge < -0.3 is 20.8 Å². The predicted molar refractivity (Wildman–Crippen MR) is 63.2 cm³/mol. The van der Waals surface area contributed by atoms with E-state index in [0.717, 1.165) is 0 Å². The van der Waals surface area contributed by atoms with Gasteiger partial charge in [0.2, 0.25) is 0 Å². The van der Waals surface area contributed by atoms with Crippen molar-refractivity contribution in [2.45, 2.75) is 25.5 Å². The van der Waals surface area contributed by atoms with E-state index < -0.39 is 28.9 Å². The van der Waals surface area contributed by atoms with Crippen molar-refractivity contribution in [2.75, 3.05) is 18.6 Å². The minimum Gasteiger partial charge on any atom is -0.479 e. The Morgan fingerprint density at radius 1 is 1.41 bits per heavy atom. The van der Waals surface area contributed by atoms with Gasteiger partial charge in [0, 0.05) is 41.8 Å². The first-order chi connectivity index (χ1) is 7.82. The summed E-state index contributed by atoms with van der Waals surface area (Å²) in [4.78, 5) is 21.5. The number of hydrogen-bond acceptors (Lipinski definition) is 4. The van der Waals surface area contributed by atoms with Crippen LogP contribution in [-0.4, -0.2) is 57.1 Å². The van der Waals surface area contributed by atoms with Crippen molar-refractivity contribution in [3.63, 3.8) is 0 Å². The molecule has 2 amide bonds. The molecule has 0 spiro atoms. The fraction of sp³-hybridized carbons (Fsp3) is 0.778. The van der Waals surface area contributed by atoms with Crippen LogP contribution in [0.3, 0.4) is 0 Å². The van der Waals surface area contributed by atoms with Crippen LogP contribution in [0.25, 0.3) is 0 Å². The molecule has 0 fully saturated rings. The molecule has 0 saturated heterocycles. The summed E-state index contributed by atoms with van der Waals surface area (Å²) in [6, 6.07) is -0.703. The molecule has 2 unspecified atom stereocenters. The Morgan fingerprint density at radius 2 is 2.00 bits per heavy atom. The van der Waals surface area contributed by atoms with E-state index in [-0.39, 0.29) is 19.0 Å². The van der Waals surface area contributed by atoms with Crippen molar-refractivity contribution < 1.29 is 24.0 Å². The zero-order chi connectivity index (χ0) is 13.4. The molecule has 0 aliphatic heterocycles. The maximum atomic E-state index is 11.2. The maximum absolute atomic E-state index is 11.2. The van der Waals surface area contributed by atoms with E-state index in [4.69, 9.17) is 10.2 Å². The molecule has 3 atom stereocenters. The normalized spacial score (nSPS) is 15.7. The van der Waals surface area contributed by atoms with Gasteiger partial charge in [-0.25, -0.2) is 9.59 Å². The van der Waals surface area contributed by atoms with Gasteiger partial charge in [-0.2, -0.15) is 0 Å². The summed E-state index contributed by atoms with van der Waals surface area (Å²) in [5.74, 6) is -0.965. The number of urea groups is 1. The Morgan fingerprint density at radius 3 is 2.47 bits per heavy atom. The molecule has 0 saturated carbocycles. The molecule has 0 bridgehead atoms. The van der Waals surface area contributed by atoms with Gasteiger partial charge in [-0.1, -0.05) is 0 Å². The van der Waals surface area contributed by atoms with Gasteiger partial charge in [0.1, 0.15) is 0 Å². The van der Waals surface area contributed by atoms with Crippen molar-refractivity contribution in [2.24, 2.45) is 0 Å². The lowest BCUT2D eigenvalue weighted by Crippen LogP contribution is -2.43. The number of carbonyl (C=O) groups is 2. The number of hydrogen-bond donors (Lipinski definition) is 4. The van der Waals surface area contributed by atoms with Crippen LogP contribution in [0, 0.1) is 0 Å². The Kier molecular flexibility index (Phi) is 7.47. The number of amides is 2. The van der Waals surface area contributed by atoms with Gasteiger partial charge in [-0.05, 0) is 6.92 Å². The number of rotatable bonds is 7. The average molecular weight is 266 g/mol. The molecular weight excluding hydrogens is 248 g/mol. The molecule has 0 aliphatic carbocycles. The van der Waals surface area contributed by atoms with Crippen molar-refractivity contribution in [1.29, 1.82) is 0 Å². The van der Waals surface area contributed by atoms with E-state index in [1.807, 2.05) is 0 Å².